The van der Waals surface area contributed by atoms with Gasteiger partial charge in [-0.15, -0.1) is 12.4 Å². The van der Waals surface area contributed by atoms with Gasteiger partial charge in [-0.3, -0.25) is 4.79 Å². The molecular weight excluding hydrogens is 328 g/mol. The molecule has 6 heteroatoms. The van der Waals surface area contributed by atoms with Gasteiger partial charge >= 0.3 is 0 Å². The summed E-state index contributed by atoms with van der Waals surface area (Å²) in [5.74, 6) is 1.71. The van der Waals surface area contributed by atoms with Crippen LogP contribution >= 0.6 is 12.4 Å². The van der Waals surface area contributed by atoms with Gasteiger partial charge in [0.05, 0.1) is 20.8 Å². The van der Waals surface area contributed by atoms with Crippen molar-refractivity contribution in [3.05, 3.63) is 17.7 Å². The van der Waals surface area contributed by atoms with Crippen molar-refractivity contribution in [2.45, 2.75) is 39.0 Å². The Labute approximate surface area is 150 Å². The number of nitrogens with zero attached hydrogens (tertiary/aromatic N) is 1. The monoisotopic (exact) mass is 356 g/mol. The van der Waals surface area contributed by atoms with Gasteiger partial charge in [0.1, 0.15) is 17.2 Å². The lowest BCUT2D eigenvalue weighted by Gasteiger charge is -2.31. The van der Waals surface area contributed by atoms with Gasteiger partial charge in [0.15, 0.2) is 0 Å². The molecule has 0 radical (unpaired) electrons. The summed E-state index contributed by atoms with van der Waals surface area (Å²) >= 11 is 0. The van der Waals surface area contributed by atoms with Crippen molar-refractivity contribution >= 4 is 24.0 Å². The minimum atomic E-state index is -0.101. The molecule has 1 fully saturated rings. The molecule has 2 N–H and O–H groups in total. The molecule has 2 rings (SSSR count). The van der Waals surface area contributed by atoms with E-state index in [1.54, 1.807) is 19.1 Å². The second-order valence-corrected chi connectivity index (χ2v) is 6.23. The van der Waals surface area contributed by atoms with E-state index in [0.717, 1.165) is 18.4 Å². The average Bonchev–Trinajstić information content (AvgIpc) is 2.59. The first-order valence-electron chi connectivity index (χ1n) is 8.33. The molecule has 1 aromatic rings. The Morgan fingerprint density at radius 3 is 2.17 bits per heavy atom. The van der Waals surface area contributed by atoms with Gasteiger partial charge in [-0.05, 0) is 43.4 Å². The molecule has 0 spiro atoms. The highest BCUT2D eigenvalue weighted by Gasteiger charge is 2.27. The number of nitrogens with two attached hydrogens (primary N) is 1. The number of carbonyl (C=O) groups excluding carboxylic acids is 1. The SMILES string of the molecule is COc1cc(C)cc(OC)c1N(CC1CCCCC1)C(=O)CN.Cl. The lowest BCUT2D eigenvalue weighted by Crippen LogP contribution is -2.40. The molecule has 1 amide bonds. The normalized spacial score (nSPS) is 14.7. The van der Waals surface area contributed by atoms with Crippen molar-refractivity contribution in [3.63, 3.8) is 0 Å². The summed E-state index contributed by atoms with van der Waals surface area (Å²) in [6, 6.07) is 3.85. The van der Waals surface area contributed by atoms with E-state index in [0.29, 0.717) is 29.6 Å². The molecule has 0 unspecified atom stereocenters. The number of methoxy groups -OCH3 is 2. The Morgan fingerprint density at radius 2 is 1.71 bits per heavy atom. The van der Waals surface area contributed by atoms with Crippen molar-refractivity contribution in [1.29, 1.82) is 0 Å². The van der Waals surface area contributed by atoms with E-state index in [-0.39, 0.29) is 24.9 Å². The van der Waals surface area contributed by atoms with Gasteiger partial charge in [-0.1, -0.05) is 19.3 Å². The van der Waals surface area contributed by atoms with Gasteiger partial charge in [0.25, 0.3) is 0 Å². The molecule has 5 nitrogen and oxygen atoms in total. The number of benzene rings is 1. The number of hydrogen-bond donors (Lipinski definition) is 1. The van der Waals surface area contributed by atoms with E-state index in [1.165, 1.54) is 19.3 Å². The number of hydrogen-bond acceptors (Lipinski definition) is 4. The molecule has 136 valence electrons. The maximum Gasteiger partial charge on any atom is 0.240 e. The first-order chi connectivity index (χ1) is 11.1. The largest absolute Gasteiger partial charge is 0.494 e. The molecule has 0 heterocycles. The second-order valence-electron chi connectivity index (χ2n) is 6.23. The van der Waals surface area contributed by atoms with Crippen LogP contribution in [0.25, 0.3) is 0 Å². The van der Waals surface area contributed by atoms with Crippen molar-refractivity contribution in [2.75, 3.05) is 32.2 Å². The third kappa shape index (κ3) is 4.77. The number of aryl methyl sites for hydroxylation is 1. The molecule has 0 bridgehead atoms. The van der Waals surface area contributed by atoms with Crippen LogP contribution in [0.5, 0.6) is 11.5 Å². The first-order valence-corrected chi connectivity index (χ1v) is 8.33. The minimum Gasteiger partial charge on any atom is -0.494 e. The Hall–Kier alpha value is -1.46. The predicted octanol–water partition coefficient (Wildman–Crippen LogP) is 3.31. The maximum atomic E-state index is 12.5. The zero-order chi connectivity index (χ0) is 16.8. The van der Waals surface area contributed by atoms with Crippen LogP contribution in [0.15, 0.2) is 12.1 Å². The highest BCUT2D eigenvalue weighted by Crippen LogP contribution is 2.40. The third-order valence-electron chi connectivity index (χ3n) is 4.54. The molecule has 24 heavy (non-hydrogen) atoms. The van der Waals surface area contributed by atoms with E-state index in [1.807, 2.05) is 19.1 Å². The minimum absolute atomic E-state index is 0. The Morgan fingerprint density at radius 1 is 1.17 bits per heavy atom. The third-order valence-corrected chi connectivity index (χ3v) is 4.54. The molecule has 0 aliphatic heterocycles. The number of rotatable bonds is 6. The fraction of sp³-hybridized carbons (Fsp3) is 0.611. The van der Waals surface area contributed by atoms with Gasteiger partial charge < -0.3 is 20.1 Å². The summed E-state index contributed by atoms with van der Waals surface area (Å²) in [6.07, 6.45) is 6.07. The van der Waals surface area contributed by atoms with Crippen LogP contribution < -0.4 is 20.1 Å². The molecule has 0 atom stereocenters. The maximum absolute atomic E-state index is 12.5. The van der Waals surface area contributed by atoms with Gasteiger partial charge in [0.2, 0.25) is 5.91 Å². The summed E-state index contributed by atoms with van der Waals surface area (Å²) in [4.78, 5) is 14.3. The highest BCUT2D eigenvalue weighted by molar-refractivity contribution is 5.98. The van der Waals surface area contributed by atoms with Crippen LogP contribution in [-0.4, -0.2) is 33.2 Å². The zero-order valence-electron chi connectivity index (χ0n) is 14.8. The number of amides is 1. The molecule has 1 aliphatic rings. The van der Waals surface area contributed by atoms with Crippen LogP contribution in [0.1, 0.15) is 37.7 Å². The first kappa shape index (κ1) is 20.6. The Balaban J connectivity index is 0.00000288. The summed E-state index contributed by atoms with van der Waals surface area (Å²) < 4.78 is 11.0. The number of ether oxygens (including phenoxy) is 2. The Kier molecular flexibility index (Phi) is 8.36. The quantitative estimate of drug-likeness (QED) is 0.849. The smallest absolute Gasteiger partial charge is 0.240 e. The molecular formula is C18H29ClN2O3. The van der Waals surface area contributed by atoms with Gasteiger partial charge in [0, 0.05) is 6.54 Å². The van der Waals surface area contributed by atoms with E-state index < -0.39 is 0 Å². The highest BCUT2D eigenvalue weighted by atomic mass is 35.5. The standard InChI is InChI=1S/C18H28N2O3.ClH/c1-13-9-15(22-2)18(16(10-13)23-3)20(17(21)11-19)12-14-7-5-4-6-8-14;/h9-10,14H,4-8,11-12,19H2,1-3H3;1H. The lowest BCUT2D eigenvalue weighted by atomic mass is 9.88. The van der Waals surface area contributed by atoms with Gasteiger partial charge in [-0.2, -0.15) is 0 Å². The zero-order valence-corrected chi connectivity index (χ0v) is 15.7. The van der Waals surface area contributed by atoms with Crippen molar-refractivity contribution < 1.29 is 14.3 Å². The van der Waals surface area contributed by atoms with Gasteiger partial charge in [-0.25, -0.2) is 0 Å². The molecule has 0 saturated heterocycles. The van der Waals surface area contributed by atoms with Crippen molar-refractivity contribution in [2.24, 2.45) is 11.7 Å². The van der Waals surface area contributed by atoms with E-state index in [4.69, 9.17) is 15.2 Å². The number of carbonyl (C=O) groups is 1. The van der Waals surface area contributed by atoms with E-state index in [9.17, 15) is 4.79 Å². The van der Waals surface area contributed by atoms with Crippen LogP contribution in [0, 0.1) is 12.8 Å². The Bertz CT molecular complexity index is 520. The predicted molar refractivity (Wildman–Crippen MR) is 99.5 cm³/mol. The van der Waals surface area contributed by atoms with Crippen LogP contribution in [0.4, 0.5) is 5.69 Å². The van der Waals surface area contributed by atoms with Crippen LogP contribution in [0.2, 0.25) is 0 Å². The summed E-state index contributed by atoms with van der Waals surface area (Å²) in [7, 11) is 3.23. The molecule has 1 aromatic carbocycles. The van der Waals surface area contributed by atoms with Crippen molar-refractivity contribution in [3.8, 4) is 11.5 Å². The number of anilines is 1. The van der Waals surface area contributed by atoms with Crippen LogP contribution in [-0.2, 0) is 4.79 Å². The topological polar surface area (TPSA) is 64.8 Å². The molecule has 0 aromatic heterocycles. The second kappa shape index (κ2) is 9.74. The van der Waals surface area contributed by atoms with Crippen molar-refractivity contribution in [1.82, 2.24) is 0 Å². The number of halogens is 1. The summed E-state index contributed by atoms with van der Waals surface area (Å²) in [5.41, 5.74) is 7.38. The summed E-state index contributed by atoms with van der Waals surface area (Å²) in [6.45, 7) is 2.63. The fourth-order valence-corrected chi connectivity index (χ4v) is 3.35. The molecule has 1 saturated carbocycles. The average molecular weight is 357 g/mol. The van der Waals surface area contributed by atoms with E-state index >= 15 is 0 Å². The molecule has 1 aliphatic carbocycles. The van der Waals surface area contributed by atoms with Crippen LogP contribution in [0.3, 0.4) is 0 Å². The summed E-state index contributed by atoms with van der Waals surface area (Å²) in [5, 5.41) is 0. The lowest BCUT2D eigenvalue weighted by molar-refractivity contribution is -0.117. The fourth-order valence-electron chi connectivity index (χ4n) is 3.35. The van der Waals surface area contributed by atoms with E-state index in [2.05, 4.69) is 0 Å².